The van der Waals surface area contributed by atoms with E-state index in [1.54, 1.807) is 42.6 Å². The van der Waals surface area contributed by atoms with Gasteiger partial charge in [-0.2, -0.15) is 5.26 Å². The average Bonchev–Trinajstić information content (AvgIpc) is 2.64. The number of halogens is 1. The first-order chi connectivity index (χ1) is 12.2. The highest BCUT2D eigenvalue weighted by molar-refractivity contribution is 9.10. The van der Waals surface area contributed by atoms with E-state index >= 15 is 0 Å². The normalized spacial score (nSPS) is 9.92. The van der Waals surface area contributed by atoms with Crippen LogP contribution in [0.2, 0.25) is 0 Å². The number of aromatic nitrogens is 1. The molecule has 0 bridgehead atoms. The number of hydrogen-bond donors (Lipinski definition) is 2. The molecule has 1 aromatic heterocycles. The van der Waals surface area contributed by atoms with E-state index in [0.29, 0.717) is 16.9 Å². The lowest BCUT2D eigenvalue weighted by Crippen LogP contribution is -2.13. The first kappa shape index (κ1) is 16.7. The molecule has 0 fully saturated rings. The van der Waals surface area contributed by atoms with Gasteiger partial charge in [0.25, 0.3) is 5.91 Å². The lowest BCUT2D eigenvalue weighted by molar-refractivity contribution is 0.102. The smallest absolute Gasteiger partial charge is 0.274 e. The Kier molecular flexibility index (Phi) is 5.07. The number of pyridine rings is 1. The molecule has 5 nitrogen and oxygen atoms in total. The second-order valence-corrected chi connectivity index (χ2v) is 6.04. The van der Waals surface area contributed by atoms with Gasteiger partial charge in [-0.3, -0.25) is 4.79 Å². The Bertz CT molecular complexity index is 948. The molecule has 0 saturated carbocycles. The molecule has 122 valence electrons. The monoisotopic (exact) mass is 392 g/mol. The summed E-state index contributed by atoms with van der Waals surface area (Å²) in [6.45, 7) is 0. The zero-order valence-corrected chi connectivity index (χ0v) is 14.6. The largest absolute Gasteiger partial charge is 0.354 e. The predicted octanol–water partition coefficient (Wildman–Crippen LogP) is 4.71. The first-order valence-corrected chi connectivity index (χ1v) is 8.24. The van der Waals surface area contributed by atoms with Gasteiger partial charge < -0.3 is 10.6 Å². The van der Waals surface area contributed by atoms with Crippen LogP contribution in [0.3, 0.4) is 0 Å². The lowest BCUT2D eigenvalue weighted by Gasteiger charge is -2.09. The van der Waals surface area contributed by atoms with Gasteiger partial charge in [-0.1, -0.05) is 18.2 Å². The highest BCUT2D eigenvalue weighted by Crippen LogP contribution is 2.22. The van der Waals surface area contributed by atoms with E-state index in [2.05, 4.69) is 37.6 Å². The van der Waals surface area contributed by atoms with Crippen LogP contribution in [0.25, 0.3) is 0 Å². The molecule has 3 rings (SSSR count). The third-order valence-electron chi connectivity index (χ3n) is 3.40. The van der Waals surface area contributed by atoms with E-state index in [-0.39, 0.29) is 5.91 Å². The molecule has 0 aliphatic rings. The van der Waals surface area contributed by atoms with Gasteiger partial charge in [0.2, 0.25) is 0 Å². The molecule has 0 aliphatic heterocycles. The van der Waals surface area contributed by atoms with Crippen molar-refractivity contribution in [3.8, 4) is 6.07 Å². The van der Waals surface area contributed by atoms with Gasteiger partial charge in [0.05, 0.1) is 29.2 Å². The van der Waals surface area contributed by atoms with Gasteiger partial charge in [-0.25, -0.2) is 4.98 Å². The molecule has 0 aliphatic carbocycles. The van der Waals surface area contributed by atoms with Crippen LogP contribution < -0.4 is 10.6 Å². The summed E-state index contributed by atoms with van der Waals surface area (Å²) in [5.74, 6) is -0.287. The van der Waals surface area contributed by atoms with Crippen LogP contribution in [-0.4, -0.2) is 10.9 Å². The van der Waals surface area contributed by atoms with E-state index in [1.807, 2.05) is 24.3 Å². The quantitative estimate of drug-likeness (QED) is 0.673. The number of nitrogens with zero attached hydrogens (tertiary/aromatic N) is 2. The zero-order chi connectivity index (χ0) is 17.6. The molecule has 0 spiro atoms. The maximum atomic E-state index is 12.3. The summed E-state index contributed by atoms with van der Waals surface area (Å²) in [5, 5.41) is 14.9. The van der Waals surface area contributed by atoms with Crippen LogP contribution >= 0.6 is 15.9 Å². The van der Waals surface area contributed by atoms with E-state index in [1.165, 1.54) is 0 Å². The standard InChI is InChI=1S/C19H13BrN4O/c20-16-6-1-2-7-17(16)24-19(25)18-9-8-15(12-22-18)23-14-5-3-4-13(10-14)11-21/h1-10,12,23H,(H,24,25). The van der Waals surface area contributed by atoms with E-state index in [4.69, 9.17) is 5.26 Å². The number of hydrogen-bond acceptors (Lipinski definition) is 4. The van der Waals surface area contributed by atoms with Crippen molar-refractivity contribution in [3.05, 3.63) is 82.6 Å². The number of amides is 1. The van der Waals surface area contributed by atoms with E-state index in [9.17, 15) is 4.79 Å². The van der Waals surface area contributed by atoms with Crippen LogP contribution in [0.15, 0.2) is 71.3 Å². The first-order valence-electron chi connectivity index (χ1n) is 7.45. The number of anilines is 3. The summed E-state index contributed by atoms with van der Waals surface area (Å²) < 4.78 is 0.805. The van der Waals surface area contributed by atoms with Gasteiger partial charge >= 0.3 is 0 Å². The van der Waals surface area contributed by atoms with Crippen LogP contribution in [0.5, 0.6) is 0 Å². The van der Waals surface area contributed by atoms with Crippen molar-refractivity contribution in [2.45, 2.75) is 0 Å². The minimum absolute atomic E-state index is 0.287. The summed E-state index contributed by atoms with van der Waals surface area (Å²) >= 11 is 3.39. The Hall–Kier alpha value is -3.17. The maximum absolute atomic E-state index is 12.3. The van der Waals surface area contributed by atoms with Gasteiger partial charge in [0.1, 0.15) is 5.69 Å². The Morgan fingerprint density at radius 3 is 2.60 bits per heavy atom. The van der Waals surface area contributed by atoms with Crippen LogP contribution in [0.4, 0.5) is 17.1 Å². The summed E-state index contributed by atoms with van der Waals surface area (Å²) in [6.07, 6.45) is 1.58. The molecule has 0 atom stereocenters. The lowest BCUT2D eigenvalue weighted by atomic mass is 10.2. The second-order valence-electron chi connectivity index (χ2n) is 5.18. The van der Waals surface area contributed by atoms with Crippen molar-refractivity contribution in [2.24, 2.45) is 0 Å². The predicted molar refractivity (Wildman–Crippen MR) is 101 cm³/mol. The molecular formula is C19H13BrN4O. The molecule has 25 heavy (non-hydrogen) atoms. The number of nitriles is 1. The number of para-hydroxylation sites is 1. The Morgan fingerprint density at radius 1 is 1.04 bits per heavy atom. The van der Waals surface area contributed by atoms with Crippen LogP contribution in [0.1, 0.15) is 16.1 Å². The fourth-order valence-electron chi connectivity index (χ4n) is 2.18. The van der Waals surface area contributed by atoms with Crippen molar-refractivity contribution in [1.82, 2.24) is 4.98 Å². The molecule has 2 N–H and O–H groups in total. The third-order valence-corrected chi connectivity index (χ3v) is 4.09. The fourth-order valence-corrected chi connectivity index (χ4v) is 2.57. The molecule has 0 saturated heterocycles. The van der Waals surface area contributed by atoms with E-state index in [0.717, 1.165) is 15.8 Å². The van der Waals surface area contributed by atoms with Crippen molar-refractivity contribution < 1.29 is 4.79 Å². The summed E-state index contributed by atoms with van der Waals surface area (Å²) in [4.78, 5) is 16.5. The Labute approximate surface area is 153 Å². The van der Waals surface area contributed by atoms with Gasteiger partial charge in [-0.05, 0) is 58.4 Å². The molecule has 6 heteroatoms. The van der Waals surface area contributed by atoms with Gasteiger partial charge in [-0.15, -0.1) is 0 Å². The number of rotatable bonds is 4. The highest BCUT2D eigenvalue weighted by atomic mass is 79.9. The van der Waals surface area contributed by atoms with Crippen LogP contribution in [0, 0.1) is 11.3 Å². The van der Waals surface area contributed by atoms with Crippen molar-refractivity contribution >= 4 is 38.9 Å². The summed E-state index contributed by atoms with van der Waals surface area (Å²) in [5.41, 5.74) is 3.08. The Balaban J connectivity index is 1.70. The third kappa shape index (κ3) is 4.22. The SMILES string of the molecule is N#Cc1cccc(Nc2ccc(C(=O)Nc3ccccc3Br)nc2)c1. The number of nitrogens with one attached hydrogen (secondary N) is 2. The van der Waals surface area contributed by atoms with Crippen molar-refractivity contribution in [2.75, 3.05) is 10.6 Å². The van der Waals surface area contributed by atoms with Crippen LogP contribution in [-0.2, 0) is 0 Å². The molecule has 0 unspecified atom stereocenters. The Morgan fingerprint density at radius 2 is 1.88 bits per heavy atom. The average molecular weight is 393 g/mol. The number of carbonyl (C=O) groups is 1. The summed E-state index contributed by atoms with van der Waals surface area (Å²) in [7, 11) is 0. The zero-order valence-electron chi connectivity index (χ0n) is 13.0. The van der Waals surface area contributed by atoms with Crippen molar-refractivity contribution in [1.29, 1.82) is 5.26 Å². The number of benzene rings is 2. The topological polar surface area (TPSA) is 77.8 Å². The molecule has 2 aromatic carbocycles. The highest BCUT2D eigenvalue weighted by Gasteiger charge is 2.09. The fraction of sp³-hybridized carbons (Fsp3) is 0. The second kappa shape index (κ2) is 7.60. The summed E-state index contributed by atoms with van der Waals surface area (Å²) in [6, 6.07) is 20.0. The van der Waals surface area contributed by atoms with E-state index < -0.39 is 0 Å². The maximum Gasteiger partial charge on any atom is 0.274 e. The van der Waals surface area contributed by atoms with Gasteiger partial charge in [0.15, 0.2) is 0 Å². The molecule has 0 radical (unpaired) electrons. The van der Waals surface area contributed by atoms with Crippen molar-refractivity contribution in [3.63, 3.8) is 0 Å². The molecular weight excluding hydrogens is 380 g/mol. The molecule has 3 aromatic rings. The molecule has 1 heterocycles. The number of carbonyl (C=O) groups excluding carboxylic acids is 1. The molecule has 1 amide bonds. The minimum Gasteiger partial charge on any atom is -0.354 e. The minimum atomic E-state index is -0.287. The van der Waals surface area contributed by atoms with Gasteiger partial charge in [0, 0.05) is 10.2 Å².